The Morgan fingerprint density at radius 1 is 0.717 bits per heavy atom. The zero-order chi connectivity index (χ0) is 33.1. The van der Waals surface area contributed by atoms with Crippen molar-refractivity contribution in [2.45, 2.75) is 74.3 Å². The summed E-state index contributed by atoms with van der Waals surface area (Å²) in [6.07, 6.45) is 3.89. The van der Waals surface area contributed by atoms with Crippen molar-refractivity contribution in [3.63, 3.8) is 0 Å². The van der Waals surface area contributed by atoms with Crippen LogP contribution < -0.4 is 14.2 Å². The molecule has 2 heterocycles. The van der Waals surface area contributed by atoms with Crippen molar-refractivity contribution < 1.29 is 23.8 Å². The SMILES string of the molecule is Cc1c(-c2ccc(OC(=O)C(C)(C)C)cc2)n(Cc2ccc(OCCN3CCCCC3)cc2)c2ccc(OC(=O)C(C)(C)C)cc12. The number of aryl methyl sites for hydroxylation is 1. The van der Waals surface area contributed by atoms with E-state index in [1.165, 1.54) is 32.4 Å². The predicted octanol–water partition coefficient (Wildman–Crippen LogP) is 8.43. The molecule has 5 rings (SSSR count). The first-order valence-corrected chi connectivity index (χ1v) is 16.4. The van der Waals surface area contributed by atoms with Gasteiger partial charge in [-0.3, -0.25) is 14.5 Å². The first-order chi connectivity index (χ1) is 21.8. The van der Waals surface area contributed by atoms with Crippen molar-refractivity contribution in [3.05, 3.63) is 77.9 Å². The van der Waals surface area contributed by atoms with Crippen LogP contribution in [0.3, 0.4) is 0 Å². The summed E-state index contributed by atoms with van der Waals surface area (Å²) in [5.74, 6) is 1.36. The molecular weight excluding hydrogens is 576 g/mol. The van der Waals surface area contributed by atoms with Crippen LogP contribution in [-0.4, -0.2) is 47.6 Å². The Bertz CT molecular complexity index is 1670. The van der Waals surface area contributed by atoms with Gasteiger partial charge in [0.25, 0.3) is 0 Å². The normalized spacial score (nSPS) is 14.3. The molecule has 0 aliphatic carbocycles. The van der Waals surface area contributed by atoms with E-state index in [1.807, 2.05) is 96.1 Å². The second-order valence-corrected chi connectivity index (χ2v) is 14.4. The summed E-state index contributed by atoms with van der Waals surface area (Å²) in [5, 5.41) is 1.01. The second-order valence-electron chi connectivity index (χ2n) is 14.4. The Morgan fingerprint density at radius 2 is 1.28 bits per heavy atom. The highest BCUT2D eigenvalue weighted by Crippen LogP contribution is 2.37. The van der Waals surface area contributed by atoms with Crippen molar-refractivity contribution in [1.29, 1.82) is 0 Å². The van der Waals surface area contributed by atoms with Crippen LogP contribution in [0.2, 0.25) is 0 Å². The van der Waals surface area contributed by atoms with Gasteiger partial charge in [0.05, 0.1) is 16.5 Å². The van der Waals surface area contributed by atoms with E-state index in [1.54, 1.807) is 0 Å². The third kappa shape index (κ3) is 8.00. The van der Waals surface area contributed by atoms with Gasteiger partial charge in [-0.15, -0.1) is 0 Å². The van der Waals surface area contributed by atoms with Crippen LogP contribution in [0.4, 0.5) is 0 Å². The standard InChI is InChI=1S/C39H48N2O5/c1-27-33-25-32(46-37(43)39(5,6)7)19-20-34(33)41(35(27)29-13-17-31(18-14-29)45-36(42)38(2,3)4)26-28-11-15-30(16-12-28)44-24-23-40-21-9-8-10-22-40/h11-20,25H,8-10,21-24,26H2,1-7H3. The maximum Gasteiger partial charge on any atom is 0.316 e. The van der Waals surface area contributed by atoms with Crippen LogP contribution in [0.25, 0.3) is 22.2 Å². The minimum atomic E-state index is -0.608. The number of aromatic nitrogens is 1. The largest absolute Gasteiger partial charge is 0.492 e. The molecule has 7 nitrogen and oxygen atoms in total. The highest BCUT2D eigenvalue weighted by Gasteiger charge is 2.26. The van der Waals surface area contributed by atoms with Gasteiger partial charge in [0.15, 0.2) is 0 Å². The van der Waals surface area contributed by atoms with Gasteiger partial charge >= 0.3 is 11.9 Å². The van der Waals surface area contributed by atoms with Crippen LogP contribution in [-0.2, 0) is 16.1 Å². The molecule has 1 saturated heterocycles. The highest BCUT2D eigenvalue weighted by molar-refractivity contribution is 5.93. The van der Waals surface area contributed by atoms with Gasteiger partial charge in [0, 0.05) is 24.0 Å². The van der Waals surface area contributed by atoms with E-state index in [9.17, 15) is 9.59 Å². The molecule has 0 bridgehead atoms. The third-order valence-corrected chi connectivity index (χ3v) is 8.45. The summed E-state index contributed by atoms with van der Waals surface area (Å²) in [4.78, 5) is 27.6. The van der Waals surface area contributed by atoms with Gasteiger partial charge in [-0.2, -0.15) is 0 Å². The molecule has 1 fully saturated rings. The molecule has 0 spiro atoms. The summed E-state index contributed by atoms with van der Waals surface area (Å²) >= 11 is 0. The first-order valence-electron chi connectivity index (χ1n) is 16.4. The number of benzene rings is 3. The van der Waals surface area contributed by atoms with E-state index in [0.29, 0.717) is 24.7 Å². The predicted molar refractivity (Wildman–Crippen MR) is 184 cm³/mol. The molecular formula is C39H48N2O5. The number of hydrogen-bond acceptors (Lipinski definition) is 6. The van der Waals surface area contributed by atoms with Crippen molar-refractivity contribution in [3.8, 4) is 28.5 Å². The Balaban J connectivity index is 1.43. The molecule has 7 heteroatoms. The number of likely N-dealkylation sites (tertiary alicyclic amines) is 1. The topological polar surface area (TPSA) is 70.0 Å². The van der Waals surface area contributed by atoms with Crippen LogP contribution in [0.5, 0.6) is 17.2 Å². The number of rotatable bonds is 9. The number of carbonyl (C=O) groups is 2. The molecule has 3 aromatic carbocycles. The van der Waals surface area contributed by atoms with Crippen LogP contribution in [0.15, 0.2) is 66.7 Å². The zero-order valence-electron chi connectivity index (χ0n) is 28.4. The van der Waals surface area contributed by atoms with E-state index >= 15 is 0 Å². The van der Waals surface area contributed by atoms with Gasteiger partial charge in [-0.05, 0) is 146 Å². The monoisotopic (exact) mass is 624 g/mol. The Hall–Kier alpha value is -4.10. The van der Waals surface area contributed by atoms with E-state index in [0.717, 1.165) is 45.6 Å². The molecule has 1 aromatic heterocycles. The van der Waals surface area contributed by atoms with Crippen molar-refractivity contribution in [2.75, 3.05) is 26.2 Å². The Morgan fingerprint density at radius 3 is 1.89 bits per heavy atom. The second kappa shape index (κ2) is 13.7. The van der Waals surface area contributed by atoms with E-state index in [4.69, 9.17) is 14.2 Å². The zero-order valence-corrected chi connectivity index (χ0v) is 28.4. The van der Waals surface area contributed by atoms with Gasteiger partial charge in [-0.25, -0.2) is 0 Å². The van der Waals surface area contributed by atoms with Gasteiger partial charge in [0.2, 0.25) is 0 Å². The fraction of sp³-hybridized carbons (Fsp3) is 0.436. The molecule has 46 heavy (non-hydrogen) atoms. The molecule has 4 aromatic rings. The Labute approximate surface area is 273 Å². The number of hydrogen-bond donors (Lipinski definition) is 0. The molecule has 244 valence electrons. The van der Waals surface area contributed by atoms with Gasteiger partial charge in [0.1, 0.15) is 23.9 Å². The molecule has 0 N–H and O–H groups in total. The molecule has 0 unspecified atom stereocenters. The van der Waals surface area contributed by atoms with Crippen LogP contribution in [0.1, 0.15) is 71.9 Å². The van der Waals surface area contributed by atoms with E-state index in [-0.39, 0.29) is 11.9 Å². The highest BCUT2D eigenvalue weighted by atomic mass is 16.5. The number of fused-ring (bicyclic) bond motifs is 1. The summed E-state index contributed by atoms with van der Waals surface area (Å²) in [5.41, 5.74) is 4.08. The lowest BCUT2D eigenvalue weighted by Gasteiger charge is -2.26. The maximum absolute atomic E-state index is 12.7. The van der Waals surface area contributed by atoms with Crippen LogP contribution in [0, 0.1) is 17.8 Å². The first kappa shape index (κ1) is 33.3. The minimum absolute atomic E-state index is 0.275. The van der Waals surface area contributed by atoms with Crippen molar-refractivity contribution in [2.24, 2.45) is 10.8 Å². The summed E-state index contributed by atoms with van der Waals surface area (Å²) in [6, 6.07) is 21.8. The van der Waals surface area contributed by atoms with Crippen molar-refractivity contribution in [1.82, 2.24) is 9.47 Å². The fourth-order valence-corrected chi connectivity index (χ4v) is 5.65. The lowest BCUT2D eigenvalue weighted by molar-refractivity contribution is -0.143. The summed E-state index contributed by atoms with van der Waals surface area (Å²) in [6.45, 7) is 17.8. The molecule has 0 saturated carbocycles. The lowest BCUT2D eigenvalue weighted by Crippen LogP contribution is -2.33. The average Bonchev–Trinajstić information content (AvgIpc) is 3.28. The van der Waals surface area contributed by atoms with Gasteiger partial charge < -0.3 is 18.8 Å². The number of nitrogens with zero attached hydrogens (tertiary/aromatic N) is 2. The third-order valence-electron chi connectivity index (χ3n) is 8.45. The smallest absolute Gasteiger partial charge is 0.316 e. The molecule has 0 amide bonds. The van der Waals surface area contributed by atoms with E-state index in [2.05, 4.69) is 28.5 Å². The molecule has 0 atom stereocenters. The number of piperidine rings is 1. The summed E-state index contributed by atoms with van der Waals surface area (Å²) in [7, 11) is 0. The van der Waals surface area contributed by atoms with Gasteiger partial charge in [-0.1, -0.05) is 18.6 Å². The molecule has 1 aliphatic rings. The average molecular weight is 625 g/mol. The molecule has 0 radical (unpaired) electrons. The fourth-order valence-electron chi connectivity index (χ4n) is 5.65. The number of ether oxygens (including phenoxy) is 3. The number of esters is 2. The van der Waals surface area contributed by atoms with Crippen LogP contribution >= 0.6 is 0 Å². The lowest BCUT2D eigenvalue weighted by atomic mass is 9.97. The van der Waals surface area contributed by atoms with E-state index < -0.39 is 10.8 Å². The maximum atomic E-state index is 12.7. The number of carbonyl (C=O) groups excluding carboxylic acids is 2. The quantitative estimate of drug-likeness (QED) is 0.138. The Kier molecular flexibility index (Phi) is 9.92. The molecule has 1 aliphatic heterocycles. The minimum Gasteiger partial charge on any atom is -0.492 e. The van der Waals surface area contributed by atoms with Crippen molar-refractivity contribution >= 4 is 22.8 Å². The summed E-state index contributed by atoms with van der Waals surface area (Å²) < 4.78 is 19.8.